The van der Waals surface area contributed by atoms with Crippen molar-refractivity contribution in [2.24, 2.45) is 0 Å². The third kappa shape index (κ3) is 3.63. The maximum Gasteiger partial charge on any atom is 0.0328 e. The van der Waals surface area contributed by atoms with E-state index in [1.54, 1.807) is 11.3 Å². The van der Waals surface area contributed by atoms with Gasteiger partial charge in [-0.3, -0.25) is 4.90 Å². The summed E-state index contributed by atoms with van der Waals surface area (Å²) >= 11 is 1.81. The molecule has 0 aliphatic rings. The van der Waals surface area contributed by atoms with E-state index in [0.29, 0.717) is 0 Å². The Morgan fingerprint density at radius 1 is 1.62 bits per heavy atom. The van der Waals surface area contributed by atoms with E-state index in [9.17, 15) is 0 Å². The van der Waals surface area contributed by atoms with Gasteiger partial charge in [-0.1, -0.05) is 13.0 Å². The second-order valence-corrected chi connectivity index (χ2v) is 3.93. The van der Waals surface area contributed by atoms with Gasteiger partial charge >= 0.3 is 0 Å². The van der Waals surface area contributed by atoms with Gasteiger partial charge in [0.1, 0.15) is 0 Å². The molecule has 0 unspecified atom stereocenters. The summed E-state index contributed by atoms with van der Waals surface area (Å²) in [6.07, 6.45) is 6.08. The van der Waals surface area contributed by atoms with Crippen LogP contribution >= 0.6 is 11.3 Å². The molecule has 0 aromatic carbocycles. The molecule has 0 amide bonds. The maximum absolute atomic E-state index is 5.23. The zero-order valence-corrected chi connectivity index (χ0v) is 8.81. The molecule has 0 radical (unpaired) electrons. The molecule has 0 saturated heterocycles. The minimum absolute atomic E-state index is 0.846. The molecule has 1 nitrogen and oxygen atoms in total. The molecule has 1 aromatic heterocycles. The number of nitrogens with zero attached hydrogens (tertiary/aromatic N) is 1. The van der Waals surface area contributed by atoms with Gasteiger partial charge in [0.25, 0.3) is 0 Å². The van der Waals surface area contributed by atoms with E-state index < -0.39 is 0 Å². The smallest absolute Gasteiger partial charge is 0.0328 e. The van der Waals surface area contributed by atoms with E-state index in [0.717, 1.165) is 26.1 Å². The first kappa shape index (κ1) is 10.3. The summed E-state index contributed by atoms with van der Waals surface area (Å²) < 4.78 is 0. The maximum atomic E-state index is 5.23. The SMILES string of the molecule is C#CCCN(CC)Cc1cccs1. The Kier molecular flexibility index (Phi) is 4.59. The van der Waals surface area contributed by atoms with Crippen LogP contribution in [0, 0.1) is 12.3 Å². The Morgan fingerprint density at radius 3 is 3.00 bits per heavy atom. The van der Waals surface area contributed by atoms with Crippen molar-refractivity contribution in [1.29, 1.82) is 0 Å². The Labute approximate surface area is 84.4 Å². The van der Waals surface area contributed by atoms with Gasteiger partial charge in [0, 0.05) is 24.4 Å². The Hall–Kier alpha value is -0.780. The Balaban J connectivity index is 2.36. The topological polar surface area (TPSA) is 3.24 Å². The zero-order valence-electron chi connectivity index (χ0n) is 7.99. The van der Waals surface area contributed by atoms with Crippen LogP contribution in [0.15, 0.2) is 17.5 Å². The summed E-state index contributed by atoms with van der Waals surface area (Å²) in [7, 11) is 0. The molecule has 0 spiro atoms. The van der Waals surface area contributed by atoms with E-state index in [1.807, 2.05) is 0 Å². The van der Waals surface area contributed by atoms with Gasteiger partial charge in [0.05, 0.1) is 0 Å². The van der Waals surface area contributed by atoms with E-state index in [4.69, 9.17) is 6.42 Å². The Morgan fingerprint density at radius 2 is 2.46 bits per heavy atom. The average Bonchev–Trinajstić information content (AvgIpc) is 2.64. The van der Waals surface area contributed by atoms with Gasteiger partial charge in [-0.25, -0.2) is 0 Å². The molecule has 1 aromatic rings. The van der Waals surface area contributed by atoms with Gasteiger partial charge in [-0.15, -0.1) is 23.7 Å². The minimum Gasteiger partial charge on any atom is -0.298 e. The standard InChI is InChI=1S/C11H15NS/c1-3-5-8-12(4-2)10-11-7-6-9-13-11/h1,6-7,9H,4-5,8,10H2,2H3. The molecule has 1 heterocycles. The van der Waals surface area contributed by atoms with E-state index in [2.05, 4.69) is 35.3 Å². The van der Waals surface area contributed by atoms with Crippen LogP contribution in [0.4, 0.5) is 0 Å². The predicted octanol–water partition coefficient (Wildman–Crippen LogP) is 2.59. The third-order valence-corrected chi connectivity index (χ3v) is 2.84. The monoisotopic (exact) mass is 193 g/mol. The quantitative estimate of drug-likeness (QED) is 0.650. The number of hydrogen-bond acceptors (Lipinski definition) is 2. The van der Waals surface area contributed by atoms with Gasteiger partial charge in [0.2, 0.25) is 0 Å². The summed E-state index contributed by atoms with van der Waals surface area (Å²) in [6.45, 7) is 5.28. The number of rotatable bonds is 5. The van der Waals surface area contributed by atoms with Crippen molar-refractivity contribution >= 4 is 11.3 Å². The number of terminal acetylenes is 1. The van der Waals surface area contributed by atoms with Crippen LogP contribution in [-0.2, 0) is 6.54 Å². The lowest BCUT2D eigenvalue weighted by Gasteiger charge is -2.17. The van der Waals surface area contributed by atoms with Crippen molar-refractivity contribution in [2.75, 3.05) is 13.1 Å². The molecule has 0 N–H and O–H groups in total. The molecule has 0 saturated carbocycles. The molecule has 0 atom stereocenters. The fraction of sp³-hybridized carbons (Fsp3) is 0.455. The molecular weight excluding hydrogens is 178 g/mol. The molecule has 0 bridgehead atoms. The first-order valence-electron chi connectivity index (χ1n) is 4.55. The highest BCUT2D eigenvalue weighted by Gasteiger charge is 2.02. The minimum atomic E-state index is 0.846. The lowest BCUT2D eigenvalue weighted by Crippen LogP contribution is -2.23. The predicted molar refractivity (Wildman–Crippen MR) is 58.7 cm³/mol. The largest absolute Gasteiger partial charge is 0.298 e. The molecule has 1 rings (SSSR count). The van der Waals surface area contributed by atoms with Crippen molar-refractivity contribution in [1.82, 2.24) is 4.90 Å². The van der Waals surface area contributed by atoms with Crippen molar-refractivity contribution in [3.63, 3.8) is 0 Å². The van der Waals surface area contributed by atoms with Crippen LogP contribution in [0.5, 0.6) is 0 Å². The van der Waals surface area contributed by atoms with Crippen molar-refractivity contribution in [3.8, 4) is 12.3 Å². The van der Waals surface area contributed by atoms with Crippen molar-refractivity contribution < 1.29 is 0 Å². The lowest BCUT2D eigenvalue weighted by atomic mass is 10.3. The summed E-state index contributed by atoms with van der Waals surface area (Å²) in [5.74, 6) is 2.67. The second-order valence-electron chi connectivity index (χ2n) is 2.90. The highest BCUT2D eigenvalue weighted by Crippen LogP contribution is 2.11. The normalized spacial score (nSPS) is 10.2. The summed E-state index contributed by atoms with van der Waals surface area (Å²) in [5, 5.41) is 2.12. The molecule has 0 aliphatic heterocycles. The second kappa shape index (κ2) is 5.80. The molecule has 70 valence electrons. The van der Waals surface area contributed by atoms with Crippen LogP contribution in [0.2, 0.25) is 0 Å². The fourth-order valence-corrected chi connectivity index (χ4v) is 1.94. The van der Waals surface area contributed by atoms with Crippen LogP contribution < -0.4 is 0 Å². The molecule has 2 heteroatoms. The fourth-order valence-electron chi connectivity index (χ4n) is 1.19. The average molecular weight is 193 g/mol. The van der Waals surface area contributed by atoms with Gasteiger partial charge < -0.3 is 0 Å². The van der Waals surface area contributed by atoms with Gasteiger partial charge in [-0.05, 0) is 18.0 Å². The van der Waals surface area contributed by atoms with E-state index >= 15 is 0 Å². The third-order valence-electron chi connectivity index (χ3n) is 1.98. The van der Waals surface area contributed by atoms with Crippen LogP contribution in [0.25, 0.3) is 0 Å². The van der Waals surface area contributed by atoms with Crippen LogP contribution in [0.3, 0.4) is 0 Å². The zero-order chi connectivity index (χ0) is 9.52. The van der Waals surface area contributed by atoms with E-state index in [-0.39, 0.29) is 0 Å². The van der Waals surface area contributed by atoms with Crippen LogP contribution in [0.1, 0.15) is 18.2 Å². The summed E-state index contributed by atoms with van der Waals surface area (Å²) in [5.41, 5.74) is 0. The van der Waals surface area contributed by atoms with E-state index in [1.165, 1.54) is 4.88 Å². The van der Waals surface area contributed by atoms with Crippen LogP contribution in [-0.4, -0.2) is 18.0 Å². The summed E-state index contributed by atoms with van der Waals surface area (Å²) in [4.78, 5) is 3.78. The number of hydrogen-bond donors (Lipinski definition) is 0. The summed E-state index contributed by atoms with van der Waals surface area (Å²) in [6, 6.07) is 4.26. The molecule has 13 heavy (non-hydrogen) atoms. The molecular formula is C11H15NS. The first-order valence-corrected chi connectivity index (χ1v) is 5.43. The highest BCUT2D eigenvalue weighted by atomic mass is 32.1. The van der Waals surface area contributed by atoms with Gasteiger partial charge in [-0.2, -0.15) is 0 Å². The van der Waals surface area contributed by atoms with Gasteiger partial charge in [0.15, 0.2) is 0 Å². The Bertz CT molecular complexity index is 258. The molecule has 0 aliphatic carbocycles. The first-order chi connectivity index (χ1) is 6.36. The highest BCUT2D eigenvalue weighted by molar-refractivity contribution is 7.09. The van der Waals surface area contributed by atoms with Crippen molar-refractivity contribution in [2.45, 2.75) is 19.9 Å². The molecule has 0 fully saturated rings. The van der Waals surface area contributed by atoms with Crippen molar-refractivity contribution in [3.05, 3.63) is 22.4 Å². The lowest BCUT2D eigenvalue weighted by molar-refractivity contribution is 0.289. The number of thiophene rings is 1.